The molecule has 0 aliphatic heterocycles. The van der Waals surface area contributed by atoms with Gasteiger partial charge < -0.3 is 9.73 Å². The number of carbonyl (C=O) groups excluding carboxylic acids is 1. The number of aromatic nitrogens is 3. The Morgan fingerprint density at radius 1 is 1.04 bits per heavy atom. The zero-order valence-corrected chi connectivity index (χ0v) is 16.5. The van der Waals surface area contributed by atoms with Gasteiger partial charge in [-0.25, -0.2) is 4.98 Å². The lowest BCUT2D eigenvalue weighted by atomic mass is 10.2. The predicted molar refractivity (Wildman–Crippen MR) is 111 cm³/mol. The Balaban J connectivity index is 1.38. The van der Waals surface area contributed by atoms with E-state index in [1.165, 1.54) is 23.1 Å². The number of thioether (sulfide) groups is 1. The van der Waals surface area contributed by atoms with Crippen LogP contribution in [0.2, 0.25) is 0 Å². The number of amides is 1. The zero-order chi connectivity index (χ0) is 19.3. The van der Waals surface area contributed by atoms with E-state index in [2.05, 4.69) is 20.5 Å². The first-order valence-electron chi connectivity index (χ1n) is 8.56. The topological polar surface area (TPSA) is 80.9 Å². The van der Waals surface area contributed by atoms with Crippen LogP contribution in [0.25, 0.3) is 22.7 Å². The number of benzene rings is 2. The average molecular weight is 409 g/mol. The van der Waals surface area contributed by atoms with Crippen molar-refractivity contribution < 1.29 is 9.21 Å². The van der Waals surface area contributed by atoms with Gasteiger partial charge in [0, 0.05) is 16.5 Å². The van der Waals surface area contributed by atoms with Crippen molar-refractivity contribution in [3.63, 3.8) is 0 Å². The van der Waals surface area contributed by atoms with Gasteiger partial charge in [0.25, 0.3) is 5.22 Å². The van der Waals surface area contributed by atoms with Crippen LogP contribution in [0.1, 0.15) is 6.92 Å². The van der Waals surface area contributed by atoms with Crippen molar-refractivity contribution >= 4 is 34.1 Å². The Morgan fingerprint density at radius 3 is 2.43 bits per heavy atom. The molecule has 1 unspecified atom stereocenters. The Bertz CT molecular complexity index is 1060. The minimum Gasteiger partial charge on any atom is -0.411 e. The smallest absolute Gasteiger partial charge is 0.277 e. The maximum Gasteiger partial charge on any atom is 0.277 e. The molecule has 8 heteroatoms. The Hall–Kier alpha value is -2.97. The number of carbonyl (C=O) groups is 1. The lowest BCUT2D eigenvalue weighted by Gasteiger charge is -2.07. The average Bonchev–Trinajstić information content (AvgIpc) is 3.39. The number of thiazole rings is 1. The van der Waals surface area contributed by atoms with Crippen molar-refractivity contribution in [2.75, 3.05) is 5.32 Å². The molecule has 0 fully saturated rings. The van der Waals surface area contributed by atoms with E-state index >= 15 is 0 Å². The van der Waals surface area contributed by atoms with Gasteiger partial charge in [-0.3, -0.25) is 4.79 Å². The van der Waals surface area contributed by atoms with Crippen molar-refractivity contribution in [1.82, 2.24) is 15.2 Å². The van der Waals surface area contributed by atoms with E-state index in [0.717, 1.165) is 16.8 Å². The van der Waals surface area contributed by atoms with Crippen LogP contribution >= 0.6 is 23.1 Å². The van der Waals surface area contributed by atoms with Gasteiger partial charge in [-0.1, -0.05) is 60.3 Å². The van der Waals surface area contributed by atoms with Crippen LogP contribution in [0.3, 0.4) is 0 Å². The molecular weight excluding hydrogens is 392 g/mol. The molecule has 4 aromatic rings. The Labute approximate surface area is 170 Å². The van der Waals surface area contributed by atoms with Crippen LogP contribution in [-0.2, 0) is 4.79 Å². The predicted octanol–water partition coefficient (Wildman–Crippen LogP) is 4.98. The highest BCUT2D eigenvalue weighted by Gasteiger charge is 2.20. The molecule has 0 aliphatic rings. The van der Waals surface area contributed by atoms with Crippen LogP contribution in [0.5, 0.6) is 0 Å². The fourth-order valence-corrected chi connectivity index (χ4v) is 3.85. The molecule has 2 aromatic heterocycles. The van der Waals surface area contributed by atoms with Gasteiger partial charge in [-0.2, -0.15) is 0 Å². The normalized spacial score (nSPS) is 11.9. The fourth-order valence-electron chi connectivity index (χ4n) is 2.44. The molecule has 0 saturated heterocycles. The second-order valence-electron chi connectivity index (χ2n) is 5.89. The first kappa shape index (κ1) is 18.4. The van der Waals surface area contributed by atoms with Crippen LogP contribution < -0.4 is 5.32 Å². The van der Waals surface area contributed by atoms with Crippen molar-refractivity contribution in [3.8, 4) is 22.7 Å². The van der Waals surface area contributed by atoms with E-state index in [1.807, 2.05) is 66.0 Å². The van der Waals surface area contributed by atoms with E-state index in [9.17, 15) is 4.79 Å². The molecule has 0 spiro atoms. The third-order valence-electron chi connectivity index (χ3n) is 3.88. The third kappa shape index (κ3) is 4.29. The van der Waals surface area contributed by atoms with Gasteiger partial charge in [0.15, 0.2) is 5.13 Å². The third-order valence-corrected chi connectivity index (χ3v) is 5.57. The number of hydrogen-bond acceptors (Lipinski definition) is 7. The van der Waals surface area contributed by atoms with Gasteiger partial charge in [0.2, 0.25) is 11.8 Å². The summed E-state index contributed by atoms with van der Waals surface area (Å²) in [6, 6.07) is 19.4. The minimum absolute atomic E-state index is 0.168. The lowest BCUT2D eigenvalue weighted by molar-refractivity contribution is -0.115. The summed E-state index contributed by atoms with van der Waals surface area (Å²) >= 11 is 2.61. The summed E-state index contributed by atoms with van der Waals surface area (Å²) < 4.78 is 5.65. The number of anilines is 1. The van der Waals surface area contributed by atoms with E-state index in [0.29, 0.717) is 16.2 Å². The summed E-state index contributed by atoms with van der Waals surface area (Å²) in [5.74, 6) is 0.265. The first-order chi connectivity index (χ1) is 13.7. The maximum absolute atomic E-state index is 12.5. The molecule has 2 heterocycles. The van der Waals surface area contributed by atoms with Crippen molar-refractivity contribution in [1.29, 1.82) is 0 Å². The molecule has 140 valence electrons. The quantitative estimate of drug-likeness (QED) is 0.453. The number of rotatable bonds is 6. The largest absolute Gasteiger partial charge is 0.411 e. The Kier molecular flexibility index (Phi) is 5.50. The summed E-state index contributed by atoms with van der Waals surface area (Å²) in [6.45, 7) is 1.79. The molecule has 0 saturated carbocycles. The summed E-state index contributed by atoms with van der Waals surface area (Å²) in [5.41, 5.74) is 2.70. The summed E-state index contributed by atoms with van der Waals surface area (Å²) in [4.78, 5) is 17.0. The van der Waals surface area contributed by atoms with Crippen molar-refractivity contribution in [3.05, 3.63) is 66.0 Å². The number of hydrogen-bond donors (Lipinski definition) is 1. The van der Waals surface area contributed by atoms with Gasteiger partial charge in [-0.05, 0) is 19.1 Å². The van der Waals surface area contributed by atoms with E-state index < -0.39 is 5.25 Å². The van der Waals surface area contributed by atoms with E-state index in [1.54, 1.807) is 6.92 Å². The highest BCUT2D eigenvalue weighted by molar-refractivity contribution is 8.00. The molecule has 2 aromatic carbocycles. The van der Waals surface area contributed by atoms with E-state index in [4.69, 9.17) is 4.42 Å². The molecule has 4 rings (SSSR count). The molecule has 0 bridgehead atoms. The molecule has 1 atom stereocenters. The minimum atomic E-state index is -0.409. The maximum atomic E-state index is 12.5. The number of nitrogens with one attached hydrogen (secondary N) is 1. The van der Waals surface area contributed by atoms with Crippen LogP contribution in [0.15, 0.2) is 75.7 Å². The lowest BCUT2D eigenvalue weighted by Crippen LogP contribution is -2.22. The van der Waals surface area contributed by atoms with Crippen molar-refractivity contribution in [2.24, 2.45) is 0 Å². The molecule has 0 aliphatic carbocycles. The fraction of sp³-hybridized carbons (Fsp3) is 0.100. The molecule has 6 nitrogen and oxygen atoms in total. The standard InChI is InChI=1S/C20H16N4O2S2/c1-13(28-20-24-23-18(26-20)15-10-6-3-7-11-15)17(25)22-19-21-16(12-27-19)14-8-4-2-5-9-14/h2-13H,1H3,(H,21,22,25). The summed E-state index contributed by atoms with van der Waals surface area (Å²) in [5, 5.41) is 13.3. The van der Waals surface area contributed by atoms with E-state index in [-0.39, 0.29) is 5.91 Å². The summed E-state index contributed by atoms with van der Waals surface area (Å²) in [6.07, 6.45) is 0. The van der Waals surface area contributed by atoms with Gasteiger partial charge >= 0.3 is 0 Å². The van der Waals surface area contributed by atoms with Crippen LogP contribution in [-0.4, -0.2) is 26.3 Å². The molecular formula is C20H16N4O2S2. The highest BCUT2D eigenvalue weighted by atomic mass is 32.2. The number of nitrogens with zero attached hydrogens (tertiary/aromatic N) is 3. The highest BCUT2D eigenvalue weighted by Crippen LogP contribution is 2.28. The van der Waals surface area contributed by atoms with Gasteiger partial charge in [0.05, 0.1) is 10.9 Å². The Morgan fingerprint density at radius 2 is 1.71 bits per heavy atom. The monoisotopic (exact) mass is 408 g/mol. The SMILES string of the molecule is CC(Sc1nnc(-c2ccccc2)o1)C(=O)Nc1nc(-c2ccccc2)cs1. The summed E-state index contributed by atoms with van der Waals surface area (Å²) in [7, 11) is 0. The van der Waals surface area contributed by atoms with Gasteiger partial charge in [-0.15, -0.1) is 21.5 Å². The molecule has 1 N–H and O–H groups in total. The first-order valence-corrected chi connectivity index (χ1v) is 10.3. The zero-order valence-electron chi connectivity index (χ0n) is 14.9. The second kappa shape index (κ2) is 8.37. The van der Waals surface area contributed by atoms with Crippen molar-refractivity contribution in [2.45, 2.75) is 17.4 Å². The van der Waals surface area contributed by atoms with Gasteiger partial charge in [0.1, 0.15) is 0 Å². The molecule has 28 heavy (non-hydrogen) atoms. The molecule has 0 radical (unpaired) electrons. The van der Waals surface area contributed by atoms with Crippen LogP contribution in [0.4, 0.5) is 5.13 Å². The molecule has 1 amide bonds. The van der Waals surface area contributed by atoms with Crippen LogP contribution in [0, 0.1) is 0 Å². The second-order valence-corrected chi connectivity index (χ2v) is 8.04.